The molecule has 1 aromatic heterocycles. The number of aryl methyl sites for hydroxylation is 1. The zero-order chi connectivity index (χ0) is 26.0. The maximum atomic E-state index is 14.1. The fourth-order valence-electron chi connectivity index (χ4n) is 5.84. The Morgan fingerprint density at radius 3 is 2.19 bits per heavy atom. The number of hydrogen-bond donors (Lipinski definition) is 0. The van der Waals surface area contributed by atoms with Crippen LogP contribution in [0.4, 0.5) is 8.78 Å². The topological polar surface area (TPSA) is 88.4 Å². The van der Waals surface area contributed by atoms with Crippen LogP contribution in [0, 0.1) is 24.5 Å². The van der Waals surface area contributed by atoms with Gasteiger partial charge in [0, 0.05) is 45.2 Å². The fourth-order valence-corrected chi connectivity index (χ4v) is 6.72. The molecule has 8 nitrogen and oxygen atoms in total. The van der Waals surface area contributed by atoms with Gasteiger partial charge in [0.2, 0.25) is 10.0 Å². The second-order valence-corrected chi connectivity index (χ2v) is 12.1. The molecule has 2 aromatic rings. The number of Topliss-reactive ketones (excluding diaryl/α,β-unsaturated/α-hetero) is 1. The Hall–Kier alpha value is -2.24. The van der Waals surface area contributed by atoms with E-state index in [9.17, 15) is 22.0 Å². The Balaban J connectivity index is 1.42. The van der Waals surface area contributed by atoms with E-state index in [2.05, 4.69) is 15.1 Å². The summed E-state index contributed by atoms with van der Waals surface area (Å²) in [5, 5.41) is 8.12. The zero-order valence-corrected chi connectivity index (χ0v) is 22.0. The Morgan fingerprint density at radius 1 is 1.03 bits per heavy atom. The molecule has 0 radical (unpaired) electrons. The number of piperidine rings is 2. The molecule has 0 amide bonds. The van der Waals surface area contributed by atoms with Crippen LogP contribution in [-0.2, 0) is 10.0 Å². The van der Waals surface area contributed by atoms with Crippen molar-refractivity contribution in [2.45, 2.75) is 57.9 Å². The highest BCUT2D eigenvalue weighted by Gasteiger charge is 2.32. The predicted molar refractivity (Wildman–Crippen MR) is 132 cm³/mol. The number of nitrogens with zero attached hydrogens (tertiary/aromatic N) is 5. The van der Waals surface area contributed by atoms with E-state index >= 15 is 0 Å². The largest absolute Gasteiger partial charge is 0.306 e. The summed E-state index contributed by atoms with van der Waals surface area (Å²) in [6, 6.07) is 3.89. The van der Waals surface area contributed by atoms with Gasteiger partial charge in [0.25, 0.3) is 0 Å². The van der Waals surface area contributed by atoms with E-state index in [-0.39, 0.29) is 23.7 Å². The first-order valence-corrected chi connectivity index (χ1v) is 14.4. The van der Waals surface area contributed by atoms with E-state index in [1.807, 2.05) is 11.5 Å². The van der Waals surface area contributed by atoms with Crippen LogP contribution in [0.5, 0.6) is 0 Å². The molecule has 0 bridgehead atoms. The molecule has 0 N–H and O–H groups in total. The quantitative estimate of drug-likeness (QED) is 0.492. The number of hydrogen-bond acceptors (Lipinski definition) is 6. The van der Waals surface area contributed by atoms with Gasteiger partial charge >= 0.3 is 0 Å². The smallest absolute Gasteiger partial charge is 0.211 e. The number of ketones is 1. The molecule has 1 aromatic carbocycles. The number of sulfonamides is 1. The summed E-state index contributed by atoms with van der Waals surface area (Å²) in [7, 11) is -3.24. The van der Waals surface area contributed by atoms with Gasteiger partial charge in [-0.3, -0.25) is 4.79 Å². The van der Waals surface area contributed by atoms with Gasteiger partial charge in [0.1, 0.15) is 17.5 Å². The molecule has 0 unspecified atom stereocenters. The average Bonchev–Trinajstić information content (AvgIpc) is 3.20. The number of rotatable bonds is 8. The maximum Gasteiger partial charge on any atom is 0.211 e. The van der Waals surface area contributed by atoms with Crippen LogP contribution in [0.1, 0.15) is 73.0 Å². The number of carbonyl (C=O) groups is 1. The molecule has 1 atom stereocenters. The Labute approximate surface area is 211 Å². The third-order valence-electron chi connectivity index (χ3n) is 7.71. The summed E-state index contributed by atoms with van der Waals surface area (Å²) in [5.74, 6) is -0.0273. The van der Waals surface area contributed by atoms with Gasteiger partial charge in [-0.1, -0.05) is 0 Å². The monoisotopic (exact) mass is 523 g/mol. The molecule has 2 aliphatic heterocycles. The van der Waals surface area contributed by atoms with Crippen molar-refractivity contribution >= 4 is 15.8 Å². The summed E-state index contributed by atoms with van der Waals surface area (Å²) < 4.78 is 55.5. The molecule has 4 rings (SSSR count). The van der Waals surface area contributed by atoms with Crippen LogP contribution in [0.15, 0.2) is 18.2 Å². The SMILES string of the molecule is CC(=O)c1nnc(C)n1C1CCN(CC[C@@H](c2cc(F)cc(F)c2)C2CCN(S(C)(=O)=O)CC2)CC1. The van der Waals surface area contributed by atoms with Gasteiger partial charge in [-0.05, 0) is 75.1 Å². The minimum atomic E-state index is -3.24. The lowest BCUT2D eigenvalue weighted by Gasteiger charge is -2.37. The third kappa shape index (κ3) is 6.18. The minimum Gasteiger partial charge on any atom is -0.306 e. The van der Waals surface area contributed by atoms with Gasteiger partial charge in [0.15, 0.2) is 11.6 Å². The van der Waals surface area contributed by atoms with Crippen molar-refractivity contribution in [3.05, 3.63) is 47.0 Å². The summed E-state index contributed by atoms with van der Waals surface area (Å²) in [4.78, 5) is 14.3. The Kier molecular flexibility index (Phi) is 8.21. The third-order valence-corrected chi connectivity index (χ3v) is 9.01. The molecular weight excluding hydrogens is 488 g/mol. The number of aromatic nitrogens is 3. The van der Waals surface area contributed by atoms with Crippen molar-refractivity contribution in [1.29, 1.82) is 0 Å². The van der Waals surface area contributed by atoms with Crippen molar-refractivity contribution in [3.8, 4) is 0 Å². The highest BCUT2D eigenvalue weighted by Crippen LogP contribution is 2.37. The molecular formula is C25H35F2N5O3S. The first-order chi connectivity index (χ1) is 17.0. The molecule has 3 heterocycles. The minimum absolute atomic E-state index is 0.0564. The highest BCUT2D eigenvalue weighted by molar-refractivity contribution is 7.88. The molecule has 2 fully saturated rings. The normalized spacial score (nSPS) is 20.0. The lowest BCUT2D eigenvalue weighted by atomic mass is 9.78. The highest BCUT2D eigenvalue weighted by atomic mass is 32.2. The van der Waals surface area contributed by atoms with Crippen molar-refractivity contribution in [2.75, 3.05) is 39.0 Å². The molecule has 36 heavy (non-hydrogen) atoms. The Morgan fingerprint density at radius 2 is 1.64 bits per heavy atom. The van der Waals surface area contributed by atoms with E-state index in [0.29, 0.717) is 37.3 Å². The molecule has 0 saturated carbocycles. The second kappa shape index (κ2) is 11.0. The Bertz CT molecular complexity index is 1170. The lowest BCUT2D eigenvalue weighted by molar-refractivity contribution is 0.0990. The number of benzene rings is 1. The van der Waals surface area contributed by atoms with Gasteiger partial charge in [-0.25, -0.2) is 21.5 Å². The van der Waals surface area contributed by atoms with Gasteiger partial charge in [0.05, 0.1) is 6.26 Å². The van der Waals surface area contributed by atoms with E-state index in [4.69, 9.17) is 0 Å². The van der Waals surface area contributed by atoms with Crippen LogP contribution < -0.4 is 0 Å². The summed E-state index contributed by atoms with van der Waals surface area (Å²) in [5.41, 5.74) is 0.645. The summed E-state index contributed by atoms with van der Waals surface area (Å²) in [6.45, 7) is 6.70. The molecule has 0 spiro atoms. The molecule has 2 saturated heterocycles. The standard InChI is InChI=1S/C25H35F2N5O3S/c1-17(33)25-29-28-18(2)32(25)23-6-9-30(10-7-23)11-8-24(20-14-21(26)16-22(27)15-20)19-4-12-31(13-5-19)36(3,34)35/h14-16,19,23-24H,4-13H2,1-3H3/t24-/m1/s1. The number of likely N-dealkylation sites (tertiary alicyclic amines) is 1. The van der Waals surface area contributed by atoms with Crippen molar-refractivity contribution < 1.29 is 22.0 Å². The molecule has 198 valence electrons. The zero-order valence-electron chi connectivity index (χ0n) is 21.2. The fraction of sp³-hybridized carbons (Fsp3) is 0.640. The van der Waals surface area contributed by atoms with Crippen LogP contribution in [0.2, 0.25) is 0 Å². The van der Waals surface area contributed by atoms with Gasteiger partial charge in [-0.2, -0.15) is 0 Å². The van der Waals surface area contributed by atoms with E-state index in [1.165, 1.54) is 29.6 Å². The van der Waals surface area contributed by atoms with Crippen molar-refractivity contribution in [3.63, 3.8) is 0 Å². The number of carbonyl (C=O) groups excluding carboxylic acids is 1. The number of halogens is 2. The summed E-state index contributed by atoms with van der Waals surface area (Å²) in [6.07, 6.45) is 5.02. The summed E-state index contributed by atoms with van der Waals surface area (Å²) >= 11 is 0. The van der Waals surface area contributed by atoms with Gasteiger partial charge in [-0.15, -0.1) is 10.2 Å². The van der Waals surface area contributed by atoms with Crippen molar-refractivity contribution in [1.82, 2.24) is 24.0 Å². The first-order valence-electron chi connectivity index (χ1n) is 12.6. The van der Waals surface area contributed by atoms with Crippen LogP contribution in [0.3, 0.4) is 0 Å². The van der Waals surface area contributed by atoms with Crippen molar-refractivity contribution in [2.24, 2.45) is 5.92 Å². The van der Waals surface area contributed by atoms with E-state index in [1.54, 1.807) is 0 Å². The molecule has 11 heteroatoms. The maximum absolute atomic E-state index is 14.1. The average molecular weight is 524 g/mol. The first kappa shape index (κ1) is 26.8. The molecule has 2 aliphatic rings. The van der Waals surface area contributed by atoms with E-state index in [0.717, 1.165) is 50.8 Å². The predicted octanol–water partition coefficient (Wildman–Crippen LogP) is 3.55. The van der Waals surface area contributed by atoms with Crippen LogP contribution in [-0.4, -0.2) is 77.2 Å². The lowest BCUT2D eigenvalue weighted by Crippen LogP contribution is -2.40. The van der Waals surface area contributed by atoms with Crippen LogP contribution in [0.25, 0.3) is 0 Å². The second-order valence-electron chi connectivity index (χ2n) is 10.2. The van der Waals surface area contributed by atoms with Gasteiger partial charge < -0.3 is 9.47 Å². The molecule has 0 aliphatic carbocycles. The van der Waals surface area contributed by atoms with E-state index < -0.39 is 21.7 Å². The van der Waals surface area contributed by atoms with Crippen LogP contribution >= 0.6 is 0 Å².